The number of nitrogens with two attached hydrogens (primary N) is 1. The van der Waals surface area contributed by atoms with Crippen LogP contribution in [0.15, 0.2) is 0 Å². The number of piperazine rings is 1. The fraction of sp³-hybridized carbons (Fsp3) is 0.667. The summed E-state index contributed by atoms with van der Waals surface area (Å²) in [4.78, 5) is 48.9. The van der Waals surface area contributed by atoms with Crippen molar-refractivity contribution >= 4 is 23.8 Å². The summed E-state index contributed by atoms with van der Waals surface area (Å²) in [6.45, 7) is 3.77. The van der Waals surface area contributed by atoms with Crippen molar-refractivity contribution in [3.8, 4) is 0 Å². The molecule has 0 bridgehead atoms. The summed E-state index contributed by atoms with van der Waals surface area (Å²) in [6.07, 6.45) is -0.511. The number of primary amides is 1. The van der Waals surface area contributed by atoms with Crippen molar-refractivity contribution in [2.45, 2.75) is 31.8 Å². The summed E-state index contributed by atoms with van der Waals surface area (Å²) in [7, 11) is 1.63. The van der Waals surface area contributed by atoms with Gasteiger partial charge in [-0.05, 0) is 13.8 Å². The fourth-order valence-electron chi connectivity index (χ4n) is 2.20. The minimum atomic E-state index is -1.42. The number of likely N-dealkylation sites (N-methyl/N-ethyl adjacent to an activating group) is 1. The molecule has 118 valence electrons. The molecule has 1 rings (SSSR count). The second kappa shape index (κ2) is 5.98. The molecule has 0 aromatic heterocycles. The zero-order chi connectivity index (χ0) is 16.4. The molecule has 1 saturated heterocycles. The van der Waals surface area contributed by atoms with Crippen LogP contribution in [0, 0.1) is 0 Å². The van der Waals surface area contributed by atoms with E-state index >= 15 is 0 Å². The highest BCUT2D eigenvalue weighted by Crippen LogP contribution is 2.21. The van der Waals surface area contributed by atoms with Gasteiger partial charge in [0.1, 0.15) is 11.6 Å². The van der Waals surface area contributed by atoms with E-state index in [1.807, 2.05) is 0 Å². The number of hydrogen-bond acceptors (Lipinski definition) is 4. The smallest absolute Gasteiger partial charge is 0.326 e. The van der Waals surface area contributed by atoms with E-state index in [1.165, 1.54) is 9.80 Å². The first-order valence-electron chi connectivity index (χ1n) is 6.42. The Kier molecular flexibility index (Phi) is 4.77. The van der Waals surface area contributed by atoms with Crippen LogP contribution in [0.4, 0.5) is 4.79 Å². The van der Waals surface area contributed by atoms with Gasteiger partial charge in [-0.25, -0.2) is 9.59 Å². The Morgan fingerprint density at radius 2 is 1.95 bits per heavy atom. The van der Waals surface area contributed by atoms with Gasteiger partial charge in [-0.3, -0.25) is 9.59 Å². The monoisotopic (exact) mass is 300 g/mol. The van der Waals surface area contributed by atoms with Gasteiger partial charge in [0, 0.05) is 20.1 Å². The lowest BCUT2D eigenvalue weighted by atomic mass is 9.98. The Bertz CT molecular complexity index is 476. The predicted molar refractivity (Wildman–Crippen MR) is 72.2 cm³/mol. The average Bonchev–Trinajstić information content (AvgIpc) is 2.34. The van der Waals surface area contributed by atoms with Crippen molar-refractivity contribution < 1.29 is 24.3 Å². The number of aliphatic carboxylic acids is 1. The highest BCUT2D eigenvalue weighted by Gasteiger charge is 2.43. The zero-order valence-corrected chi connectivity index (χ0v) is 12.3. The number of carboxylic acid groups (broad SMARTS) is 1. The van der Waals surface area contributed by atoms with Gasteiger partial charge in [-0.1, -0.05) is 0 Å². The molecule has 4 N–H and O–H groups in total. The first-order valence-corrected chi connectivity index (χ1v) is 6.42. The van der Waals surface area contributed by atoms with E-state index in [0.29, 0.717) is 6.54 Å². The molecule has 1 aliphatic rings. The number of carbonyl (C=O) groups is 4. The lowest BCUT2D eigenvalue weighted by molar-refractivity contribution is -0.144. The van der Waals surface area contributed by atoms with E-state index in [2.05, 4.69) is 5.32 Å². The van der Waals surface area contributed by atoms with Crippen LogP contribution in [0.1, 0.15) is 20.3 Å². The number of nitrogens with one attached hydrogen (secondary N) is 1. The van der Waals surface area contributed by atoms with Crippen LogP contribution in [0.2, 0.25) is 0 Å². The molecular weight excluding hydrogens is 280 g/mol. The molecule has 21 heavy (non-hydrogen) atoms. The maximum atomic E-state index is 12.2. The second-order valence-electron chi connectivity index (χ2n) is 5.45. The quantitative estimate of drug-likeness (QED) is 0.586. The van der Waals surface area contributed by atoms with Gasteiger partial charge in [0.05, 0.1) is 6.42 Å². The third-order valence-electron chi connectivity index (χ3n) is 3.45. The zero-order valence-electron chi connectivity index (χ0n) is 12.3. The second-order valence-corrected chi connectivity index (χ2v) is 5.45. The predicted octanol–water partition coefficient (Wildman–Crippen LogP) is -1.42. The minimum Gasteiger partial charge on any atom is -0.480 e. The van der Waals surface area contributed by atoms with E-state index in [1.54, 1.807) is 20.9 Å². The molecule has 1 unspecified atom stereocenters. The minimum absolute atomic E-state index is 0.245. The molecule has 0 aromatic carbocycles. The maximum Gasteiger partial charge on any atom is 0.326 e. The number of rotatable bonds is 4. The maximum absolute atomic E-state index is 12.2. The van der Waals surface area contributed by atoms with Gasteiger partial charge in [0.15, 0.2) is 0 Å². The van der Waals surface area contributed by atoms with E-state index in [-0.39, 0.29) is 12.5 Å². The molecule has 1 atom stereocenters. The standard InChI is InChI=1S/C12H20N4O5/c1-12(2)10(20)15(3)4-5-16(12)11(21)14-7(9(18)19)6-8(13)17/h7H,4-6H2,1-3H3,(H2,13,17)(H,14,21)(H,18,19). The van der Waals surface area contributed by atoms with Crippen LogP contribution in [-0.4, -0.2) is 70.4 Å². The fourth-order valence-corrected chi connectivity index (χ4v) is 2.20. The van der Waals surface area contributed by atoms with E-state index in [9.17, 15) is 19.2 Å². The summed E-state index contributed by atoms with van der Waals surface area (Å²) in [5, 5.41) is 11.2. The van der Waals surface area contributed by atoms with Gasteiger partial charge in [-0.2, -0.15) is 0 Å². The van der Waals surface area contributed by atoms with Gasteiger partial charge in [0.25, 0.3) is 0 Å². The van der Waals surface area contributed by atoms with Gasteiger partial charge in [-0.15, -0.1) is 0 Å². The number of urea groups is 1. The molecule has 0 saturated carbocycles. The van der Waals surface area contributed by atoms with Crippen LogP contribution in [0.5, 0.6) is 0 Å². The number of hydrogen-bond donors (Lipinski definition) is 3. The number of nitrogens with zero attached hydrogens (tertiary/aromatic N) is 2. The Labute approximate surface area is 122 Å². The van der Waals surface area contributed by atoms with Crippen LogP contribution in [-0.2, 0) is 14.4 Å². The Hall–Kier alpha value is -2.32. The first-order chi connectivity index (χ1) is 9.57. The lowest BCUT2D eigenvalue weighted by Crippen LogP contribution is -2.66. The number of carbonyl (C=O) groups excluding carboxylic acids is 3. The summed E-state index contributed by atoms with van der Waals surface area (Å²) >= 11 is 0. The van der Waals surface area contributed by atoms with Crippen molar-refractivity contribution in [1.82, 2.24) is 15.1 Å². The molecule has 1 fully saturated rings. The van der Waals surface area contributed by atoms with Crippen molar-refractivity contribution in [2.24, 2.45) is 5.73 Å². The summed E-state index contributed by atoms with van der Waals surface area (Å²) in [6, 6.07) is -2.13. The van der Waals surface area contributed by atoms with Crippen LogP contribution < -0.4 is 11.1 Å². The van der Waals surface area contributed by atoms with Gasteiger partial charge >= 0.3 is 12.0 Å². The highest BCUT2D eigenvalue weighted by atomic mass is 16.4. The van der Waals surface area contributed by atoms with Crippen molar-refractivity contribution in [3.05, 3.63) is 0 Å². The SMILES string of the molecule is CN1CCN(C(=O)NC(CC(N)=O)C(=O)O)C(C)(C)C1=O. The van der Waals surface area contributed by atoms with E-state index < -0.39 is 35.9 Å². The molecule has 0 aromatic rings. The molecule has 4 amide bonds. The van der Waals surface area contributed by atoms with Gasteiger partial charge in [0.2, 0.25) is 11.8 Å². The van der Waals surface area contributed by atoms with E-state index in [0.717, 1.165) is 0 Å². The third-order valence-corrected chi connectivity index (χ3v) is 3.45. The lowest BCUT2D eigenvalue weighted by Gasteiger charge is -2.44. The number of carboxylic acids is 1. The van der Waals surface area contributed by atoms with E-state index in [4.69, 9.17) is 10.8 Å². The molecule has 0 aliphatic carbocycles. The Balaban J connectivity index is 2.85. The largest absolute Gasteiger partial charge is 0.480 e. The van der Waals surface area contributed by atoms with Crippen molar-refractivity contribution in [2.75, 3.05) is 20.1 Å². The molecule has 0 radical (unpaired) electrons. The summed E-state index contributed by atoms with van der Waals surface area (Å²) < 4.78 is 0. The normalized spacial score (nSPS) is 19.1. The first kappa shape index (κ1) is 16.7. The van der Waals surface area contributed by atoms with Crippen LogP contribution >= 0.6 is 0 Å². The Morgan fingerprint density at radius 1 is 1.38 bits per heavy atom. The van der Waals surface area contributed by atoms with Crippen molar-refractivity contribution in [1.29, 1.82) is 0 Å². The molecular formula is C12H20N4O5. The summed E-state index contributed by atoms with van der Waals surface area (Å²) in [5.74, 6) is -2.44. The van der Waals surface area contributed by atoms with Crippen LogP contribution in [0.25, 0.3) is 0 Å². The third kappa shape index (κ3) is 3.61. The van der Waals surface area contributed by atoms with Crippen LogP contribution in [0.3, 0.4) is 0 Å². The highest BCUT2D eigenvalue weighted by molar-refractivity contribution is 5.93. The van der Waals surface area contributed by atoms with Crippen molar-refractivity contribution in [3.63, 3.8) is 0 Å². The summed E-state index contributed by atoms with van der Waals surface area (Å²) in [5.41, 5.74) is 3.86. The Morgan fingerprint density at radius 3 is 2.43 bits per heavy atom. The number of amides is 4. The molecule has 9 heteroatoms. The topological polar surface area (TPSA) is 133 Å². The van der Waals surface area contributed by atoms with Gasteiger partial charge < -0.3 is 26.0 Å². The molecule has 1 heterocycles. The molecule has 9 nitrogen and oxygen atoms in total. The molecule has 0 spiro atoms. The molecule has 1 aliphatic heterocycles. The average molecular weight is 300 g/mol.